The topological polar surface area (TPSA) is 109 Å². The summed E-state index contributed by atoms with van der Waals surface area (Å²) in [6.45, 7) is 1.46. The molecule has 0 atom stereocenters. The number of fused-ring (bicyclic) bond motifs is 1. The van der Waals surface area contributed by atoms with Crippen LogP contribution < -0.4 is 5.32 Å². The molecule has 1 amide bonds. The molecule has 0 saturated heterocycles. The molecule has 0 radical (unpaired) electrons. The molecule has 30 heavy (non-hydrogen) atoms. The number of amides is 1. The van der Waals surface area contributed by atoms with Gasteiger partial charge in [-0.05, 0) is 36.2 Å². The number of hydrogen-bond donors (Lipinski definition) is 2. The fraction of sp³-hybridized carbons (Fsp3) is 0.238. The zero-order chi connectivity index (χ0) is 21.9. The molecule has 0 saturated carbocycles. The standard InChI is InChI=1S/C21H23N3O5S/c1-14-8-9-15-11-18(23-17(15)10-14)21(26)29-13-20(25)22-12-16-6-4-5-7-19(16)30(27,28)24(2)3/h4-11,23H,12-13H2,1-3H3,(H,22,25). The third-order valence-corrected chi connectivity index (χ3v) is 6.46. The molecule has 0 aliphatic rings. The predicted octanol–water partition coefficient (Wildman–Crippen LogP) is 2.20. The Morgan fingerprint density at radius 3 is 2.57 bits per heavy atom. The van der Waals surface area contributed by atoms with Gasteiger partial charge in [-0.25, -0.2) is 17.5 Å². The van der Waals surface area contributed by atoms with Crippen LogP contribution in [0.3, 0.4) is 0 Å². The molecule has 9 heteroatoms. The van der Waals surface area contributed by atoms with Gasteiger partial charge in [0.2, 0.25) is 10.0 Å². The van der Waals surface area contributed by atoms with Gasteiger partial charge >= 0.3 is 5.97 Å². The first-order valence-corrected chi connectivity index (χ1v) is 10.7. The number of H-pyrrole nitrogens is 1. The molecule has 0 fully saturated rings. The molecule has 3 aromatic rings. The Labute approximate surface area is 174 Å². The number of carbonyl (C=O) groups excluding carboxylic acids is 2. The van der Waals surface area contributed by atoms with Crippen LogP contribution in [0, 0.1) is 6.92 Å². The van der Waals surface area contributed by atoms with Crippen molar-refractivity contribution in [1.29, 1.82) is 0 Å². The average molecular weight is 429 g/mol. The normalized spacial score (nSPS) is 11.6. The van der Waals surface area contributed by atoms with Crippen LogP contribution in [0.1, 0.15) is 21.6 Å². The van der Waals surface area contributed by atoms with Crippen molar-refractivity contribution >= 4 is 32.8 Å². The van der Waals surface area contributed by atoms with Gasteiger partial charge in [0.25, 0.3) is 5.91 Å². The van der Waals surface area contributed by atoms with Crippen LogP contribution in [-0.4, -0.2) is 50.3 Å². The van der Waals surface area contributed by atoms with Gasteiger partial charge in [0, 0.05) is 31.5 Å². The minimum Gasteiger partial charge on any atom is -0.451 e. The summed E-state index contributed by atoms with van der Waals surface area (Å²) < 4.78 is 31.0. The third-order valence-electron chi connectivity index (χ3n) is 4.54. The average Bonchev–Trinajstić information content (AvgIpc) is 3.13. The highest BCUT2D eigenvalue weighted by molar-refractivity contribution is 7.89. The predicted molar refractivity (Wildman–Crippen MR) is 112 cm³/mol. The monoisotopic (exact) mass is 429 g/mol. The van der Waals surface area contributed by atoms with Gasteiger partial charge in [-0.2, -0.15) is 0 Å². The number of benzene rings is 2. The van der Waals surface area contributed by atoms with Gasteiger partial charge in [0.1, 0.15) is 5.69 Å². The van der Waals surface area contributed by atoms with Gasteiger partial charge in [-0.1, -0.05) is 30.3 Å². The van der Waals surface area contributed by atoms with Gasteiger partial charge in [0.15, 0.2) is 6.61 Å². The molecule has 1 heterocycles. The summed E-state index contributed by atoms with van der Waals surface area (Å²) in [5.74, 6) is -1.18. The number of aromatic nitrogens is 1. The number of nitrogens with zero attached hydrogens (tertiary/aromatic N) is 1. The van der Waals surface area contributed by atoms with Crippen LogP contribution in [0.2, 0.25) is 0 Å². The van der Waals surface area contributed by atoms with Crippen molar-refractivity contribution in [3.05, 3.63) is 65.4 Å². The van der Waals surface area contributed by atoms with Crippen LogP contribution in [0.25, 0.3) is 10.9 Å². The van der Waals surface area contributed by atoms with Crippen molar-refractivity contribution in [2.45, 2.75) is 18.4 Å². The van der Waals surface area contributed by atoms with E-state index in [-0.39, 0.29) is 17.1 Å². The van der Waals surface area contributed by atoms with Crippen LogP contribution >= 0.6 is 0 Å². The smallest absolute Gasteiger partial charge is 0.355 e. The highest BCUT2D eigenvalue weighted by Crippen LogP contribution is 2.19. The summed E-state index contributed by atoms with van der Waals surface area (Å²) in [5, 5.41) is 3.45. The van der Waals surface area contributed by atoms with E-state index < -0.39 is 28.5 Å². The Hall–Kier alpha value is -3.17. The third kappa shape index (κ3) is 4.69. The van der Waals surface area contributed by atoms with Crippen molar-refractivity contribution < 1.29 is 22.7 Å². The van der Waals surface area contributed by atoms with E-state index >= 15 is 0 Å². The van der Waals surface area contributed by atoms with E-state index in [1.165, 1.54) is 20.2 Å². The quantitative estimate of drug-likeness (QED) is 0.560. The van der Waals surface area contributed by atoms with Crippen molar-refractivity contribution in [3.63, 3.8) is 0 Å². The minimum atomic E-state index is -3.64. The molecule has 0 aliphatic heterocycles. The molecule has 0 spiro atoms. The summed E-state index contributed by atoms with van der Waals surface area (Å²) in [6.07, 6.45) is 0. The molecule has 2 N–H and O–H groups in total. The van der Waals surface area contributed by atoms with Crippen molar-refractivity contribution in [2.24, 2.45) is 0 Å². The molecule has 158 valence electrons. The molecular formula is C21H23N3O5S. The van der Waals surface area contributed by atoms with Crippen molar-refractivity contribution in [1.82, 2.24) is 14.6 Å². The molecule has 8 nitrogen and oxygen atoms in total. The lowest BCUT2D eigenvalue weighted by atomic mass is 10.2. The summed E-state index contributed by atoms with van der Waals surface area (Å²) in [7, 11) is -0.761. The van der Waals surface area contributed by atoms with E-state index in [0.717, 1.165) is 20.8 Å². The molecule has 1 aromatic heterocycles. The fourth-order valence-electron chi connectivity index (χ4n) is 2.90. The lowest BCUT2D eigenvalue weighted by molar-refractivity contribution is -0.124. The zero-order valence-corrected chi connectivity index (χ0v) is 17.7. The maximum absolute atomic E-state index is 12.4. The van der Waals surface area contributed by atoms with Crippen molar-refractivity contribution in [3.8, 4) is 0 Å². The summed E-state index contributed by atoms with van der Waals surface area (Å²) in [5.41, 5.74) is 2.56. The zero-order valence-electron chi connectivity index (χ0n) is 16.9. The first kappa shape index (κ1) is 21.5. The SMILES string of the molecule is Cc1ccc2cc(C(=O)OCC(=O)NCc3ccccc3S(=O)(=O)N(C)C)[nH]c2c1. The molecular weight excluding hydrogens is 406 g/mol. The van der Waals surface area contributed by atoms with E-state index in [1.807, 2.05) is 25.1 Å². The number of rotatable bonds is 7. The van der Waals surface area contributed by atoms with E-state index in [1.54, 1.807) is 24.3 Å². The molecule has 0 aliphatic carbocycles. The number of carbonyl (C=O) groups is 2. The Balaban J connectivity index is 1.59. The lowest BCUT2D eigenvalue weighted by Crippen LogP contribution is -2.30. The Morgan fingerprint density at radius 2 is 1.83 bits per heavy atom. The Bertz CT molecular complexity index is 1200. The number of hydrogen-bond acceptors (Lipinski definition) is 5. The second kappa shape index (κ2) is 8.68. The van der Waals surface area contributed by atoms with E-state index in [0.29, 0.717) is 5.56 Å². The van der Waals surface area contributed by atoms with Crippen LogP contribution in [0.5, 0.6) is 0 Å². The summed E-state index contributed by atoms with van der Waals surface area (Å²) >= 11 is 0. The molecule has 0 unspecified atom stereocenters. The highest BCUT2D eigenvalue weighted by atomic mass is 32.2. The van der Waals surface area contributed by atoms with E-state index in [9.17, 15) is 18.0 Å². The molecule has 3 rings (SSSR count). The number of aryl methyl sites for hydroxylation is 1. The number of sulfonamides is 1. The van der Waals surface area contributed by atoms with E-state index in [2.05, 4.69) is 10.3 Å². The van der Waals surface area contributed by atoms with Gasteiger partial charge in [-0.15, -0.1) is 0 Å². The Kier molecular flexibility index (Phi) is 6.23. The molecule has 2 aromatic carbocycles. The van der Waals surface area contributed by atoms with Gasteiger partial charge < -0.3 is 15.0 Å². The first-order valence-electron chi connectivity index (χ1n) is 9.22. The molecule has 0 bridgehead atoms. The number of nitrogens with one attached hydrogen (secondary N) is 2. The number of aromatic amines is 1. The Morgan fingerprint density at radius 1 is 1.10 bits per heavy atom. The number of ether oxygens (including phenoxy) is 1. The van der Waals surface area contributed by atoms with Crippen LogP contribution in [-0.2, 0) is 26.1 Å². The van der Waals surface area contributed by atoms with Gasteiger partial charge in [-0.3, -0.25) is 4.79 Å². The fourth-order valence-corrected chi connectivity index (χ4v) is 4.02. The lowest BCUT2D eigenvalue weighted by Gasteiger charge is -2.15. The van der Waals surface area contributed by atoms with E-state index in [4.69, 9.17) is 4.74 Å². The maximum atomic E-state index is 12.4. The maximum Gasteiger partial charge on any atom is 0.355 e. The summed E-state index contributed by atoms with van der Waals surface area (Å²) in [6, 6.07) is 13.8. The highest BCUT2D eigenvalue weighted by Gasteiger charge is 2.21. The summed E-state index contributed by atoms with van der Waals surface area (Å²) in [4.78, 5) is 27.4. The van der Waals surface area contributed by atoms with Crippen LogP contribution in [0.15, 0.2) is 53.4 Å². The minimum absolute atomic E-state index is 0.00864. The second-order valence-electron chi connectivity index (χ2n) is 7.02. The van der Waals surface area contributed by atoms with Crippen LogP contribution in [0.4, 0.5) is 0 Å². The second-order valence-corrected chi connectivity index (χ2v) is 9.14. The van der Waals surface area contributed by atoms with Crippen molar-refractivity contribution in [2.75, 3.05) is 20.7 Å². The largest absolute Gasteiger partial charge is 0.451 e. The van der Waals surface area contributed by atoms with Gasteiger partial charge in [0.05, 0.1) is 4.90 Å². The first-order chi connectivity index (χ1) is 14.2. The number of esters is 1.